The van der Waals surface area contributed by atoms with Crippen LogP contribution in [0.1, 0.15) is 48.5 Å². The number of hydrogen-bond acceptors (Lipinski definition) is 5. The highest BCUT2D eigenvalue weighted by atomic mass is 16.5. The Morgan fingerprint density at radius 2 is 1.97 bits per heavy atom. The molecule has 4 rings (SSSR count). The van der Waals surface area contributed by atoms with Crippen molar-refractivity contribution in [2.24, 2.45) is 0 Å². The monoisotopic (exact) mass is 394 g/mol. The zero-order chi connectivity index (χ0) is 20.2. The van der Waals surface area contributed by atoms with Gasteiger partial charge >= 0.3 is 0 Å². The van der Waals surface area contributed by atoms with Gasteiger partial charge in [-0.25, -0.2) is 0 Å². The van der Waals surface area contributed by atoms with Crippen LogP contribution in [0.4, 0.5) is 0 Å². The van der Waals surface area contributed by atoms with Gasteiger partial charge in [-0.05, 0) is 69.1 Å². The summed E-state index contributed by atoms with van der Waals surface area (Å²) in [4.78, 5) is 2.54. The third-order valence-corrected chi connectivity index (χ3v) is 5.93. The van der Waals surface area contributed by atoms with Gasteiger partial charge < -0.3 is 9.30 Å². The molecule has 0 atom stereocenters. The van der Waals surface area contributed by atoms with Crippen LogP contribution < -0.4 is 4.74 Å². The molecule has 0 amide bonds. The van der Waals surface area contributed by atoms with Crippen LogP contribution in [0.3, 0.4) is 0 Å². The normalized spacial score (nSPS) is 15.7. The van der Waals surface area contributed by atoms with Gasteiger partial charge in [-0.15, -0.1) is 10.2 Å². The SMILES string of the molecule is CCn1c(Cn2cccn2)nnc1C1CCN(Cc2ccc(OC)cc2C)CC1. The lowest BCUT2D eigenvalue weighted by Crippen LogP contribution is -2.33. The number of likely N-dealkylation sites (tertiary alicyclic amines) is 1. The van der Waals surface area contributed by atoms with Crippen LogP contribution in [0, 0.1) is 6.92 Å². The summed E-state index contributed by atoms with van der Waals surface area (Å²) in [7, 11) is 1.72. The van der Waals surface area contributed by atoms with Gasteiger partial charge in [-0.3, -0.25) is 9.58 Å². The summed E-state index contributed by atoms with van der Waals surface area (Å²) in [6.45, 7) is 9.06. The van der Waals surface area contributed by atoms with Gasteiger partial charge in [0, 0.05) is 31.4 Å². The molecule has 29 heavy (non-hydrogen) atoms. The van der Waals surface area contributed by atoms with Gasteiger partial charge in [-0.1, -0.05) is 6.07 Å². The Balaban J connectivity index is 1.39. The van der Waals surface area contributed by atoms with E-state index in [2.05, 4.69) is 56.8 Å². The van der Waals surface area contributed by atoms with Gasteiger partial charge in [0.1, 0.15) is 18.1 Å². The van der Waals surface area contributed by atoms with Gasteiger partial charge in [-0.2, -0.15) is 5.10 Å². The zero-order valence-corrected chi connectivity index (χ0v) is 17.6. The number of ether oxygens (including phenoxy) is 1. The Kier molecular flexibility index (Phi) is 5.94. The minimum absolute atomic E-state index is 0.474. The molecular formula is C22H30N6O. The number of benzene rings is 1. The molecule has 0 spiro atoms. The fourth-order valence-corrected chi connectivity index (χ4v) is 4.21. The van der Waals surface area contributed by atoms with Crippen molar-refractivity contribution >= 4 is 0 Å². The lowest BCUT2D eigenvalue weighted by Gasteiger charge is -2.32. The molecule has 1 fully saturated rings. The van der Waals surface area contributed by atoms with Crippen LogP contribution in [0.15, 0.2) is 36.7 Å². The molecule has 3 heterocycles. The van der Waals surface area contributed by atoms with E-state index < -0.39 is 0 Å². The van der Waals surface area contributed by atoms with Gasteiger partial charge in [0.25, 0.3) is 0 Å². The van der Waals surface area contributed by atoms with Crippen LogP contribution in [0.2, 0.25) is 0 Å². The van der Waals surface area contributed by atoms with E-state index >= 15 is 0 Å². The van der Waals surface area contributed by atoms with Crippen molar-refractivity contribution in [1.82, 2.24) is 29.4 Å². The molecule has 0 N–H and O–H groups in total. The highest BCUT2D eigenvalue weighted by molar-refractivity contribution is 5.34. The molecule has 154 valence electrons. The molecule has 2 aromatic heterocycles. The fraction of sp³-hybridized carbons (Fsp3) is 0.500. The molecular weight excluding hydrogens is 364 g/mol. The summed E-state index contributed by atoms with van der Waals surface area (Å²) in [5.41, 5.74) is 2.67. The Morgan fingerprint density at radius 3 is 2.62 bits per heavy atom. The number of aryl methyl sites for hydroxylation is 1. The van der Waals surface area contributed by atoms with E-state index in [0.717, 1.165) is 56.4 Å². The van der Waals surface area contributed by atoms with Crippen molar-refractivity contribution in [1.29, 1.82) is 0 Å². The average molecular weight is 395 g/mol. The van der Waals surface area contributed by atoms with E-state index in [4.69, 9.17) is 4.74 Å². The third-order valence-electron chi connectivity index (χ3n) is 5.93. The van der Waals surface area contributed by atoms with E-state index in [1.165, 1.54) is 11.1 Å². The van der Waals surface area contributed by atoms with Crippen molar-refractivity contribution in [3.63, 3.8) is 0 Å². The first-order chi connectivity index (χ1) is 14.2. The largest absolute Gasteiger partial charge is 0.497 e. The molecule has 3 aromatic rings. The quantitative estimate of drug-likeness (QED) is 0.616. The molecule has 0 unspecified atom stereocenters. The molecule has 7 heteroatoms. The molecule has 1 saturated heterocycles. The highest BCUT2D eigenvalue weighted by Gasteiger charge is 2.26. The summed E-state index contributed by atoms with van der Waals surface area (Å²) >= 11 is 0. The highest BCUT2D eigenvalue weighted by Crippen LogP contribution is 2.29. The van der Waals surface area contributed by atoms with Gasteiger partial charge in [0.2, 0.25) is 0 Å². The number of hydrogen-bond donors (Lipinski definition) is 0. The standard InChI is InChI=1S/C22H30N6O/c1-4-28-21(16-27-11-5-10-23-27)24-25-22(28)18-8-12-26(13-9-18)15-19-6-7-20(29-3)14-17(19)2/h5-7,10-11,14,18H,4,8-9,12-13,15-16H2,1-3H3. The summed E-state index contributed by atoms with van der Waals surface area (Å²) in [5.74, 6) is 3.52. The molecule has 1 aliphatic heterocycles. The van der Waals surface area contributed by atoms with Crippen LogP contribution in [0.5, 0.6) is 5.75 Å². The first-order valence-corrected chi connectivity index (χ1v) is 10.4. The lowest BCUT2D eigenvalue weighted by molar-refractivity contribution is 0.199. The van der Waals surface area contributed by atoms with Gasteiger partial charge in [0.15, 0.2) is 5.82 Å². The summed E-state index contributed by atoms with van der Waals surface area (Å²) in [6, 6.07) is 8.30. The Bertz CT molecular complexity index is 925. The minimum Gasteiger partial charge on any atom is -0.497 e. The molecule has 0 saturated carbocycles. The maximum atomic E-state index is 5.33. The molecule has 0 bridgehead atoms. The average Bonchev–Trinajstić information content (AvgIpc) is 3.40. The molecule has 1 aromatic carbocycles. The summed E-state index contributed by atoms with van der Waals surface area (Å²) < 4.78 is 9.50. The first kappa shape index (κ1) is 19.6. The smallest absolute Gasteiger partial charge is 0.154 e. The second kappa shape index (κ2) is 8.78. The van der Waals surface area contributed by atoms with Crippen molar-refractivity contribution in [2.45, 2.75) is 52.2 Å². The molecule has 1 aliphatic rings. The second-order valence-electron chi connectivity index (χ2n) is 7.77. The van der Waals surface area contributed by atoms with E-state index in [1.807, 2.05) is 16.9 Å². The molecule has 0 radical (unpaired) electrons. The number of rotatable bonds is 7. The van der Waals surface area contributed by atoms with E-state index in [9.17, 15) is 0 Å². The topological polar surface area (TPSA) is 61.0 Å². The lowest BCUT2D eigenvalue weighted by atomic mass is 9.95. The van der Waals surface area contributed by atoms with Gasteiger partial charge in [0.05, 0.1) is 7.11 Å². The Labute approximate surface area is 172 Å². The van der Waals surface area contributed by atoms with E-state index in [0.29, 0.717) is 12.5 Å². The predicted octanol–water partition coefficient (Wildman–Crippen LogP) is 3.24. The summed E-state index contributed by atoms with van der Waals surface area (Å²) in [5, 5.41) is 13.3. The van der Waals surface area contributed by atoms with Crippen molar-refractivity contribution in [3.05, 3.63) is 59.4 Å². The number of aromatic nitrogens is 5. The fourth-order valence-electron chi connectivity index (χ4n) is 4.21. The number of nitrogens with zero attached hydrogens (tertiary/aromatic N) is 6. The van der Waals surface area contributed by atoms with Crippen LogP contribution >= 0.6 is 0 Å². The minimum atomic E-state index is 0.474. The van der Waals surface area contributed by atoms with Crippen molar-refractivity contribution < 1.29 is 4.74 Å². The van der Waals surface area contributed by atoms with Crippen molar-refractivity contribution in [3.8, 4) is 5.75 Å². The van der Waals surface area contributed by atoms with Crippen LogP contribution in [-0.2, 0) is 19.6 Å². The van der Waals surface area contributed by atoms with Crippen LogP contribution in [0.25, 0.3) is 0 Å². The zero-order valence-electron chi connectivity index (χ0n) is 17.6. The van der Waals surface area contributed by atoms with E-state index in [1.54, 1.807) is 13.3 Å². The van der Waals surface area contributed by atoms with E-state index in [-0.39, 0.29) is 0 Å². The Hall–Kier alpha value is -2.67. The molecule has 0 aliphatic carbocycles. The maximum absolute atomic E-state index is 5.33. The predicted molar refractivity (Wildman–Crippen MR) is 112 cm³/mol. The number of methoxy groups -OCH3 is 1. The first-order valence-electron chi connectivity index (χ1n) is 10.4. The molecule has 7 nitrogen and oxygen atoms in total. The maximum Gasteiger partial charge on any atom is 0.154 e. The third kappa shape index (κ3) is 4.34. The van der Waals surface area contributed by atoms with Crippen molar-refractivity contribution in [2.75, 3.05) is 20.2 Å². The second-order valence-corrected chi connectivity index (χ2v) is 7.77. The summed E-state index contributed by atoms with van der Waals surface area (Å²) in [6.07, 6.45) is 6.01. The number of piperidine rings is 1. The Morgan fingerprint density at radius 1 is 1.14 bits per heavy atom. The van der Waals surface area contributed by atoms with Crippen LogP contribution in [-0.4, -0.2) is 49.6 Å².